The van der Waals surface area contributed by atoms with Crippen LogP contribution in [0.15, 0.2) is 92.3 Å². The first kappa shape index (κ1) is 22.2. The van der Waals surface area contributed by atoms with Crippen LogP contribution in [0.3, 0.4) is 0 Å². The minimum atomic E-state index is -0.558. The maximum absolute atomic E-state index is 11.3. The maximum Gasteiger partial charge on any atom is 0.338 e. The third-order valence-electron chi connectivity index (χ3n) is 3.76. The molecule has 30 heavy (non-hydrogen) atoms. The molecule has 2 aromatic rings. The van der Waals surface area contributed by atoms with Crippen molar-refractivity contribution in [1.82, 2.24) is 0 Å². The Morgan fingerprint density at radius 1 is 0.867 bits per heavy atom. The van der Waals surface area contributed by atoms with Crippen LogP contribution < -0.4 is 9.47 Å². The molecule has 6 heteroatoms. The van der Waals surface area contributed by atoms with Gasteiger partial charge in [-0.2, -0.15) is 0 Å². The normalized spacial score (nSPS) is 10.6. The molecule has 0 N–H and O–H groups in total. The fourth-order valence-electron chi connectivity index (χ4n) is 2.29. The highest BCUT2D eigenvalue weighted by Gasteiger charge is 2.04. The van der Waals surface area contributed by atoms with Crippen LogP contribution in [0, 0.1) is 6.92 Å². The summed E-state index contributed by atoms with van der Waals surface area (Å²) in [5.74, 6) is 0.133. The number of esters is 2. The molecule has 0 aromatic heterocycles. The SMILES string of the molecule is C=CC(=O)O/C=C\Oc1ccc(-c2ccc(O/C=C\OC(=O)C(=C)C)cc2)c(C)c1. The van der Waals surface area contributed by atoms with Gasteiger partial charge in [0.15, 0.2) is 0 Å². The van der Waals surface area contributed by atoms with Gasteiger partial charge in [-0.05, 0) is 54.8 Å². The summed E-state index contributed by atoms with van der Waals surface area (Å²) in [7, 11) is 0. The van der Waals surface area contributed by atoms with Gasteiger partial charge in [0.25, 0.3) is 0 Å². The number of hydrogen-bond donors (Lipinski definition) is 0. The van der Waals surface area contributed by atoms with Crippen molar-refractivity contribution in [3.8, 4) is 22.6 Å². The van der Waals surface area contributed by atoms with Crippen LogP contribution in [-0.2, 0) is 19.1 Å². The van der Waals surface area contributed by atoms with Crippen molar-refractivity contribution in [2.45, 2.75) is 13.8 Å². The highest BCUT2D eigenvalue weighted by atomic mass is 16.5. The summed E-state index contributed by atoms with van der Waals surface area (Å²) in [5, 5.41) is 0. The summed E-state index contributed by atoms with van der Waals surface area (Å²) in [6, 6.07) is 13.1. The number of ether oxygens (including phenoxy) is 4. The van der Waals surface area contributed by atoms with Gasteiger partial charge in [-0.25, -0.2) is 9.59 Å². The Kier molecular flexibility index (Phi) is 8.20. The molecule has 0 unspecified atom stereocenters. The largest absolute Gasteiger partial charge is 0.462 e. The summed E-state index contributed by atoms with van der Waals surface area (Å²) in [4.78, 5) is 22.2. The maximum atomic E-state index is 11.3. The standard InChI is InChI=1S/C24H22O6/c1-5-23(25)29-14-12-28-21-10-11-22(18(4)16-21)19-6-8-20(9-7-19)27-13-15-30-24(26)17(2)3/h5-16H,1-2H2,3-4H3/b14-12-,15-13-. The van der Waals surface area contributed by atoms with Gasteiger partial charge in [0.05, 0.1) is 0 Å². The molecule has 6 nitrogen and oxygen atoms in total. The second-order valence-electron chi connectivity index (χ2n) is 6.11. The van der Waals surface area contributed by atoms with Gasteiger partial charge in [-0.1, -0.05) is 31.4 Å². The van der Waals surface area contributed by atoms with E-state index >= 15 is 0 Å². The van der Waals surface area contributed by atoms with E-state index in [1.165, 1.54) is 18.8 Å². The van der Waals surface area contributed by atoms with Gasteiger partial charge in [0.2, 0.25) is 0 Å². The highest BCUT2D eigenvalue weighted by molar-refractivity contribution is 5.87. The molecule has 0 saturated heterocycles. The van der Waals surface area contributed by atoms with Crippen molar-refractivity contribution in [3.05, 3.63) is 97.9 Å². The molecular formula is C24H22O6. The number of benzene rings is 2. The lowest BCUT2D eigenvalue weighted by Gasteiger charge is -2.09. The van der Waals surface area contributed by atoms with Crippen LogP contribution in [0.25, 0.3) is 11.1 Å². The Balaban J connectivity index is 1.96. The molecule has 0 atom stereocenters. The second-order valence-corrected chi connectivity index (χ2v) is 6.11. The van der Waals surface area contributed by atoms with E-state index in [9.17, 15) is 9.59 Å². The summed E-state index contributed by atoms with van der Waals surface area (Å²) in [5.41, 5.74) is 3.34. The topological polar surface area (TPSA) is 71.1 Å². The van der Waals surface area contributed by atoms with E-state index in [-0.39, 0.29) is 0 Å². The molecule has 0 heterocycles. The first-order valence-corrected chi connectivity index (χ1v) is 8.94. The Labute approximate surface area is 175 Å². The van der Waals surface area contributed by atoms with Gasteiger partial charge in [-0.3, -0.25) is 0 Å². The number of carbonyl (C=O) groups is 2. The molecule has 0 saturated carbocycles. The second kappa shape index (κ2) is 11.1. The fourth-order valence-corrected chi connectivity index (χ4v) is 2.29. The summed E-state index contributed by atoms with van der Waals surface area (Å²) < 4.78 is 20.3. The monoisotopic (exact) mass is 406 g/mol. The van der Waals surface area contributed by atoms with Crippen LogP contribution in [0.1, 0.15) is 12.5 Å². The van der Waals surface area contributed by atoms with Gasteiger partial charge < -0.3 is 18.9 Å². The average molecular weight is 406 g/mol. The van der Waals surface area contributed by atoms with Crippen molar-refractivity contribution in [1.29, 1.82) is 0 Å². The van der Waals surface area contributed by atoms with Gasteiger partial charge >= 0.3 is 11.9 Å². The number of rotatable bonds is 9. The zero-order valence-electron chi connectivity index (χ0n) is 16.8. The summed E-state index contributed by atoms with van der Waals surface area (Å²) in [6.07, 6.45) is 5.95. The Bertz CT molecular complexity index is 983. The average Bonchev–Trinajstić information content (AvgIpc) is 2.74. The fraction of sp³-hybridized carbons (Fsp3) is 0.0833. The van der Waals surface area contributed by atoms with Crippen LogP contribution in [0.2, 0.25) is 0 Å². The van der Waals surface area contributed by atoms with Gasteiger partial charge in [0.1, 0.15) is 36.5 Å². The molecule has 0 radical (unpaired) electrons. The molecule has 0 bridgehead atoms. The Morgan fingerprint density at radius 3 is 2.07 bits per heavy atom. The molecule has 0 aliphatic carbocycles. The minimum Gasteiger partial charge on any atom is -0.462 e. The lowest BCUT2D eigenvalue weighted by molar-refractivity contribution is -0.134. The van der Waals surface area contributed by atoms with E-state index in [4.69, 9.17) is 18.9 Å². The van der Waals surface area contributed by atoms with E-state index in [2.05, 4.69) is 13.2 Å². The zero-order valence-corrected chi connectivity index (χ0v) is 16.8. The van der Waals surface area contributed by atoms with E-state index < -0.39 is 11.9 Å². The minimum absolute atomic E-state index is 0.308. The molecule has 0 amide bonds. The van der Waals surface area contributed by atoms with Gasteiger partial charge in [-0.15, -0.1) is 0 Å². The zero-order chi connectivity index (χ0) is 21.9. The lowest BCUT2D eigenvalue weighted by Crippen LogP contribution is -1.99. The van der Waals surface area contributed by atoms with Crippen molar-refractivity contribution in [2.24, 2.45) is 0 Å². The lowest BCUT2D eigenvalue weighted by atomic mass is 10.0. The first-order chi connectivity index (χ1) is 14.4. The Morgan fingerprint density at radius 2 is 1.47 bits per heavy atom. The predicted octanol–water partition coefficient (Wildman–Crippen LogP) is 5.21. The van der Waals surface area contributed by atoms with Crippen LogP contribution >= 0.6 is 0 Å². The molecule has 0 aliphatic heterocycles. The van der Waals surface area contributed by atoms with Crippen LogP contribution in [0.5, 0.6) is 11.5 Å². The van der Waals surface area contributed by atoms with E-state index in [0.29, 0.717) is 17.1 Å². The smallest absolute Gasteiger partial charge is 0.338 e. The van der Waals surface area contributed by atoms with E-state index in [0.717, 1.165) is 29.0 Å². The molecule has 0 fully saturated rings. The highest BCUT2D eigenvalue weighted by Crippen LogP contribution is 2.28. The molecular weight excluding hydrogens is 384 g/mol. The molecule has 2 rings (SSSR count). The quantitative estimate of drug-likeness (QED) is 0.323. The summed E-state index contributed by atoms with van der Waals surface area (Å²) in [6.45, 7) is 10.3. The van der Waals surface area contributed by atoms with Crippen LogP contribution in [-0.4, -0.2) is 11.9 Å². The third kappa shape index (κ3) is 6.83. The van der Waals surface area contributed by atoms with E-state index in [1.807, 2.05) is 37.3 Å². The predicted molar refractivity (Wildman–Crippen MR) is 113 cm³/mol. The summed E-state index contributed by atoms with van der Waals surface area (Å²) >= 11 is 0. The molecule has 2 aromatic carbocycles. The number of hydrogen-bond acceptors (Lipinski definition) is 6. The van der Waals surface area contributed by atoms with Crippen molar-refractivity contribution < 1.29 is 28.5 Å². The third-order valence-corrected chi connectivity index (χ3v) is 3.76. The van der Waals surface area contributed by atoms with Crippen LogP contribution in [0.4, 0.5) is 0 Å². The molecule has 0 aliphatic rings. The van der Waals surface area contributed by atoms with E-state index in [1.54, 1.807) is 19.1 Å². The molecule has 0 spiro atoms. The number of carbonyl (C=O) groups excluding carboxylic acids is 2. The van der Waals surface area contributed by atoms with Gasteiger partial charge in [0, 0.05) is 11.6 Å². The van der Waals surface area contributed by atoms with Crippen molar-refractivity contribution >= 4 is 11.9 Å². The van der Waals surface area contributed by atoms with Crippen molar-refractivity contribution in [2.75, 3.05) is 0 Å². The Hall–Kier alpha value is -4.06. The van der Waals surface area contributed by atoms with Crippen molar-refractivity contribution in [3.63, 3.8) is 0 Å². The molecule has 154 valence electrons. The first-order valence-electron chi connectivity index (χ1n) is 8.94. The number of aryl methyl sites for hydroxylation is 1.